The number of nitrogens with two attached hydrogens (primary N) is 4. The molecule has 10 heteroatoms. The Balaban J connectivity index is 0. The minimum Gasteiger partial charge on any atom is -0.369 e. The number of hydrogen-bond acceptors (Lipinski definition) is 6. The van der Waals surface area contributed by atoms with Crippen LogP contribution in [0.2, 0.25) is 0 Å². The Kier molecular flexibility index (Phi) is 10.9. The molecule has 0 aliphatic carbocycles. The van der Waals surface area contributed by atoms with Gasteiger partial charge in [0.1, 0.15) is 5.40 Å². The van der Waals surface area contributed by atoms with E-state index in [1.807, 2.05) is 0 Å². The normalized spacial score (nSPS) is 9.69. The fourth-order valence-electron chi connectivity index (χ4n) is 0.342. The van der Waals surface area contributed by atoms with Gasteiger partial charge < -0.3 is 22.9 Å². The molecule has 0 aromatic carbocycles. The fourth-order valence-corrected chi connectivity index (χ4v) is 0.342. The van der Waals surface area contributed by atoms with E-state index < -0.39 is 0 Å². The summed E-state index contributed by atoms with van der Waals surface area (Å²) in [4.78, 5) is 0. The highest BCUT2D eigenvalue weighted by atomic mass is 32.1. The second-order valence-electron chi connectivity index (χ2n) is 2.14. The van der Waals surface area contributed by atoms with Crippen LogP contribution in [0.5, 0.6) is 0 Å². The fraction of sp³-hybridized carbons (Fsp3) is 0.167. The van der Waals surface area contributed by atoms with Crippen molar-refractivity contribution in [1.82, 2.24) is 0 Å². The molecule has 0 fully saturated rings. The second kappa shape index (κ2) is 10.8. The van der Waals surface area contributed by atoms with Gasteiger partial charge in [0.05, 0.1) is 11.9 Å². The van der Waals surface area contributed by atoms with E-state index >= 15 is 0 Å². The predicted octanol–water partition coefficient (Wildman–Crippen LogP) is -1.71. The third kappa shape index (κ3) is 17.7. The third-order valence-electron chi connectivity index (χ3n) is 0.741. The highest BCUT2D eigenvalue weighted by Crippen LogP contribution is 1.76. The van der Waals surface area contributed by atoms with Crippen LogP contribution in [0.15, 0.2) is 20.4 Å². The van der Waals surface area contributed by atoms with Crippen LogP contribution in [0.25, 0.3) is 0 Å². The zero-order valence-corrected chi connectivity index (χ0v) is 9.46. The number of thiocyanates is 1. The number of nitriles is 1. The Morgan fingerprint density at radius 1 is 1.12 bits per heavy atom. The Bertz CT molecular complexity index is 340. The smallest absolute Gasteiger partial charge is 0.211 e. The van der Waals surface area contributed by atoms with Crippen molar-refractivity contribution in [2.24, 2.45) is 43.3 Å². The second-order valence-corrected chi connectivity index (χ2v) is 2.34. The molecule has 0 unspecified atom stereocenters. The summed E-state index contributed by atoms with van der Waals surface area (Å²) in [6.45, 7) is 1.64. The summed E-state index contributed by atoms with van der Waals surface area (Å²) < 4.78 is 0. The van der Waals surface area contributed by atoms with E-state index in [0.717, 1.165) is 0 Å². The summed E-state index contributed by atoms with van der Waals surface area (Å²) in [6.07, 6.45) is 1.31. The lowest BCUT2D eigenvalue weighted by Gasteiger charge is -1.86. The molecule has 88 valence electrons. The third-order valence-corrected chi connectivity index (χ3v) is 0.741. The molecule has 0 aliphatic rings. The largest absolute Gasteiger partial charge is 0.369 e. The number of thiol groups is 1. The molecule has 0 amide bonds. The van der Waals surface area contributed by atoms with Gasteiger partial charge in [0, 0.05) is 0 Å². The van der Waals surface area contributed by atoms with Gasteiger partial charge in [0.25, 0.3) is 0 Å². The van der Waals surface area contributed by atoms with Crippen LogP contribution >= 0.6 is 12.6 Å². The lowest BCUT2D eigenvalue weighted by molar-refractivity contribution is 1.19. The summed E-state index contributed by atoms with van der Waals surface area (Å²) in [7, 11) is 0. The van der Waals surface area contributed by atoms with Crippen LogP contribution in [0, 0.1) is 10.7 Å². The average molecular weight is 243 g/mol. The van der Waals surface area contributed by atoms with Crippen LogP contribution in [-0.4, -0.2) is 23.8 Å². The minimum absolute atomic E-state index is 0.130. The number of guanidine groups is 2. The molecule has 16 heavy (non-hydrogen) atoms. The Hall–Kier alpha value is -2.28. The van der Waals surface area contributed by atoms with Gasteiger partial charge in [-0.2, -0.15) is 15.5 Å². The monoisotopic (exact) mass is 243 g/mol. The SMILES string of the molecule is CC(/C=N/N=C(N)N)=N/N=C(N)N.N#CS. The van der Waals surface area contributed by atoms with Gasteiger partial charge >= 0.3 is 0 Å². The van der Waals surface area contributed by atoms with Crippen LogP contribution in [-0.2, 0) is 0 Å². The molecule has 0 rings (SSSR count). The Morgan fingerprint density at radius 3 is 1.94 bits per heavy atom. The first-order chi connectivity index (χ1) is 7.43. The van der Waals surface area contributed by atoms with Crippen molar-refractivity contribution in [3.63, 3.8) is 0 Å². The first kappa shape index (κ1) is 16.2. The van der Waals surface area contributed by atoms with Gasteiger partial charge in [-0.15, -0.1) is 10.2 Å². The van der Waals surface area contributed by atoms with E-state index in [-0.39, 0.29) is 11.9 Å². The molecule has 0 spiro atoms. The van der Waals surface area contributed by atoms with E-state index in [1.165, 1.54) is 11.6 Å². The molecule has 0 radical (unpaired) electrons. The Morgan fingerprint density at radius 2 is 1.56 bits per heavy atom. The van der Waals surface area contributed by atoms with Gasteiger partial charge in [0.2, 0.25) is 11.9 Å². The van der Waals surface area contributed by atoms with E-state index in [9.17, 15) is 0 Å². The number of rotatable bonds is 3. The summed E-state index contributed by atoms with van der Waals surface area (Å²) in [5.41, 5.74) is 20.5. The van der Waals surface area contributed by atoms with Gasteiger partial charge in [-0.3, -0.25) is 0 Å². The first-order valence-electron chi connectivity index (χ1n) is 3.72. The van der Waals surface area contributed by atoms with E-state index in [0.29, 0.717) is 5.71 Å². The zero-order chi connectivity index (χ0) is 13.0. The molecule has 0 saturated heterocycles. The van der Waals surface area contributed by atoms with Crippen LogP contribution in [0.1, 0.15) is 6.92 Å². The quantitative estimate of drug-likeness (QED) is 0.130. The van der Waals surface area contributed by atoms with Gasteiger partial charge in [-0.05, 0) is 6.92 Å². The van der Waals surface area contributed by atoms with Crippen LogP contribution < -0.4 is 22.9 Å². The van der Waals surface area contributed by atoms with E-state index in [2.05, 4.69) is 33.0 Å². The standard InChI is InChI=1S/C5H12N8.CHNS/c1-3(11-13-5(8)9)2-10-12-4(6)7;2-1-3/h2H,1H3,(H4,6,7,12)(H4,8,9,13);3H/b10-2+,11-3-;. The lowest BCUT2D eigenvalue weighted by Crippen LogP contribution is -2.22. The lowest BCUT2D eigenvalue weighted by atomic mass is 10.5. The highest BCUT2D eigenvalue weighted by molar-refractivity contribution is 7.85. The van der Waals surface area contributed by atoms with Crippen LogP contribution in [0.4, 0.5) is 0 Å². The summed E-state index contributed by atoms with van der Waals surface area (Å²) in [5, 5.41) is 22.4. The van der Waals surface area contributed by atoms with Crippen molar-refractivity contribution in [2.75, 3.05) is 0 Å². The van der Waals surface area contributed by atoms with Gasteiger partial charge in [0.15, 0.2) is 0 Å². The molecular weight excluding hydrogens is 230 g/mol. The summed E-state index contributed by atoms with van der Waals surface area (Å²) in [6, 6.07) is 0. The van der Waals surface area contributed by atoms with Crippen molar-refractivity contribution < 1.29 is 0 Å². The number of nitrogens with zero attached hydrogens (tertiary/aromatic N) is 5. The van der Waals surface area contributed by atoms with Gasteiger partial charge in [-0.25, -0.2) is 0 Å². The highest BCUT2D eigenvalue weighted by Gasteiger charge is 1.83. The zero-order valence-electron chi connectivity index (χ0n) is 8.57. The molecule has 0 heterocycles. The molecular formula is C6H13N9S. The molecule has 0 saturated carbocycles. The minimum atomic E-state index is -0.133. The predicted molar refractivity (Wildman–Crippen MR) is 67.8 cm³/mol. The van der Waals surface area contributed by atoms with E-state index in [1.54, 1.807) is 6.92 Å². The maximum absolute atomic E-state index is 7.18. The van der Waals surface area contributed by atoms with Crippen molar-refractivity contribution >= 4 is 36.5 Å². The maximum Gasteiger partial charge on any atom is 0.211 e. The molecule has 0 aliphatic heterocycles. The van der Waals surface area contributed by atoms with Crippen molar-refractivity contribution in [3.8, 4) is 5.40 Å². The molecule has 0 atom stereocenters. The van der Waals surface area contributed by atoms with Gasteiger partial charge in [-0.1, -0.05) is 12.6 Å². The number of hydrogen-bond donors (Lipinski definition) is 5. The topological polar surface area (TPSA) is 177 Å². The van der Waals surface area contributed by atoms with Crippen molar-refractivity contribution in [3.05, 3.63) is 0 Å². The van der Waals surface area contributed by atoms with Crippen molar-refractivity contribution in [1.29, 1.82) is 5.26 Å². The summed E-state index contributed by atoms with van der Waals surface area (Å²) in [5.74, 6) is -0.263. The molecule has 0 bridgehead atoms. The Labute approximate surface area is 98.0 Å². The van der Waals surface area contributed by atoms with E-state index in [4.69, 9.17) is 28.2 Å². The molecule has 9 nitrogen and oxygen atoms in total. The van der Waals surface area contributed by atoms with Crippen molar-refractivity contribution in [2.45, 2.75) is 6.92 Å². The average Bonchev–Trinajstić information content (AvgIpc) is 2.15. The maximum atomic E-state index is 7.18. The van der Waals surface area contributed by atoms with Crippen LogP contribution in [0.3, 0.4) is 0 Å². The summed E-state index contributed by atoms with van der Waals surface area (Å²) >= 11 is 3.09. The molecule has 0 aromatic heterocycles. The molecule has 0 aromatic rings. The molecule has 8 N–H and O–H groups in total. The first-order valence-corrected chi connectivity index (χ1v) is 4.17.